The molecule has 2 aliphatic carbocycles. The first-order valence-corrected chi connectivity index (χ1v) is 7.61. The molecular formula is C16H24N2O4. The van der Waals surface area contributed by atoms with Crippen LogP contribution in [0.3, 0.4) is 0 Å². The zero-order valence-electron chi connectivity index (χ0n) is 13.4. The van der Waals surface area contributed by atoms with E-state index in [1.807, 2.05) is 19.3 Å². The Labute approximate surface area is 131 Å². The number of benzene rings is 1. The van der Waals surface area contributed by atoms with E-state index in [9.17, 15) is 9.59 Å². The number of rotatable bonds is 5. The van der Waals surface area contributed by atoms with Crippen LogP contribution in [0.4, 0.5) is 9.59 Å². The smallest absolute Gasteiger partial charge is 0.440 e. The van der Waals surface area contributed by atoms with Crippen molar-refractivity contribution >= 4 is 12.2 Å². The fourth-order valence-electron chi connectivity index (χ4n) is 1.82. The van der Waals surface area contributed by atoms with Gasteiger partial charge in [0.1, 0.15) is 0 Å². The number of hydrogen-bond acceptors (Lipinski definition) is 4. The number of nitrogens with one attached hydrogen (secondary N) is 1. The Balaban J connectivity index is 0.000000323. The number of nitrogens with zero attached hydrogens (tertiary/aromatic N) is 1. The lowest BCUT2D eigenvalue weighted by atomic mass is 10.4. The number of hydrogen-bond donors (Lipinski definition) is 1. The lowest BCUT2D eigenvalue weighted by Crippen LogP contribution is -2.38. The predicted octanol–water partition coefficient (Wildman–Crippen LogP) is 3.57. The molecule has 6 heteroatoms. The van der Waals surface area contributed by atoms with Gasteiger partial charge in [-0.2, -0.15) is 0 Å². The lowest BCUT2D eigenvalue weighted by molar-refractivity contribution is 0.0433. The number of ether oxygens (including phenoxy) is 1. The van der Waals surface area contributed by atoms with Gasteiger partial charge in [0.2, 0.25) is 0 Å². The van der Waals surface area contributed by atoms with Crippen molar-refractivity contribution in [2.75, 3.05) is 19.7 Å². The van der Waals surface area contributed by atoms with E-state index in [-0.39, 0.29) is 6.61 Å². The molecule has 2 rings (SSSR count). The molecule has 0 unspecified atom stereocenters. The molecule has 2 aliphatic rings. The Bertz CT molecular complexity index is 468. The van der Waals surface area contributed by atoms with Crippen LogP contribution in [-0.4, -0.2) is 36.8 Å². The van der Waals surface area contributed by atoms with Crippen LogP contribution in [-0.2, 0) is 9.57 Å². The molecule has 0 fully saturated rings. The van der Waals surface area contributed by atoms with E-state index in [0.29, 0.717) is 13.1 Å². The van der Waals surface area contributed by atoms with Crippen LogP contribution in [0, 0.1) is 0 Å². The summed E-state index contributed by atoms with van der Waals surface area (Å²) in [7, 11) is 0. The topological polar surface area (TPSA) is 67.9 Å². The third-order valence-electron chi connectivity index (χ3n) is 2.85. The van der Waals surface area contributed by atoms with Gasteiger partial charge in [-0.3, -0.25) is 0 Å². The molecule has 0 aliphatic heterocycles. The van der Waals surface area contributed by atoms with Gasteiger partial charge in [-0.1, -0.05) is 32.0 Å². The van der Waals surface area contributed by atoms with Gasteiger partial charge in [-0.05, 0) is 37.0 Å². The summed E-state index contributed by atoms with van der Waals surface area (Å²) in [6.45, 7) is 7.05. The van der Waals surface area contributed by atoms with E-state index in [2.05, 4.69) is 33.8 Å². The van der Waals surface area contributed by atoms with Crippen LogP contribution < -0.4 is 5.48 Å². The summed E-state index contributed by atoms with van der Waals surface area (Å²) in [4.78, 5) is 28.4. The molecule has 0 atom stereocenters. The van der Waals surface area contributed by atoms with Crippen LogP contribution >= 0.6 is 0 Å². The summed E-state index contributed by atoms with van der Waals surface area (Å²) in [5.41, 5.74) is 4.78. The summed E-state index contributed by atoms with van der Waals surface area (Å²) in [6, 6.07) is 8.48. The highest BCUT2D eigenvalue weighted by Crippen LogP contribution is 2.32. The molecule has 22 heavy (non-hydrogen) atoms. The van der Waals surface area contributed by atoms with E-state index in [1.165, 1.54) is 16.0 Å². The second-order valence-corrected chi connectivity index (χ2v) is 4.76. The molecule has 0 radical (unpaired) electrons. The minimum absolute atomic E-state index is 0.233. The highest BCUT2D eigenvalue weighted by molar-refractivity contribution is 5.80. The zero-order chi connectivity index (χ0) is 16.4. The normalized spacial score (nSPS) is 9.95. The summed E-state index contributed by atoms with van der Waals surface area (Å²) >= 11 is 0. The number of amides is 2. The van der Waals surface area contributed by atoms with Gasteiger partial charge in [0.25, 0.3) is 0 Å². The minimum Gasteiger partial charge on any atom is -0.448 e. The first kappa shape index (κ1) is 17.8. The van der Waals surface area contributed by atoms with Crippen molar-refractivity contribution in [1.82, 2.24) is 10.4 Å². The molecule has 122 valence electrons. The van der Waals surface area contributed by atoms with Gasteiger partial charge in [0, 0.05) is 13.1 Å². The quantitative estimate of drug-likeness (QED) is 0.857. The number of carbonyl (C=O) groups excluding carboxylic acids is 2. The number of fused-ring (bicyclic) bond motifs is 1. The van der Waals surface area contributed by atoms with Crippen molar-refractivity contribution in [3.05, 3.63) is 24.3 Å². The van der Waals surface area contributed by atoms with Crippen molar-refractivity contribution in [2.45, 2.75) is 33.6 Å². The molecular weight excluding hydrogens is 284 g/mol. The summed E-state index contributed by atoms with van der Waals surface area (Å²) < 4.78 is 4.55. The lowest BCUT2D eigenvalue weighted by Gasteiger charge is -2.19. The molecule has 0 aromatic rings. The van der Waals surface area contributed by atoms with Crippen LogP contribution in [0.15, 0.2) is 24.3 Å². The second kappa shape index (κ2) is 9.65. The average Bonchev–Trinajstić information content (AvgIpc) is 3.11. The Morgan fingerprint density at radius 1 is 1.09 bits per heavy atom. The van der Waals surface area contributed by atoms with Crippen LogP contribution in [0.1, 0.15) is 33.6 Å². The maximum absolute atomic E-state index is 11.5. The molecule has 6 nitrogen and oxygen atoms in total. The van der Waals surface area contributed by atoms with Gasteiger partial charge in [0.15, 0.2) is 0 Å². The van der Waals surface area contributed by atoms with E-state index in [1.54, 1.807) is 6.92 Å². The monoisotopic (exact) mass is 308 g/mol. The highest BCUT2D eigenvalue weighted by atomic mass is 16.7. The standard InChI is InChI=1S/C10H20N2O4.C6H4/c1-4-7-12(8-5-2)10(14)16-11-9(13)15-6-3;1-2-5-4-6(5)3-1/h4-8H2,1-3H3,(H,11,13);1-4H. The van der Waals surface area contributed by atoms with E-state index >= 15 is 0 Å². The SMILES string of the molecule is CCCN(CCC)C(=O)ONC(=O)OCC.c1cc2cc-2c1. The molecule has 0 saturated carbocycles. The summed E-state index contributed by atoms with van der Waals surface area (Å²) in [6.07, 6.45) is 0.365. The van der Waals surface area contributed by atoms with Crippen molar-refractivity contribution in [3.8, 4) is 11.1 Å². The maximum Gasteiger partial charge on any atom is 0.440 e. The first-order chi connectivity index (χ1) is 10.6. The summed E-state index contributed by atoms with van der Waals surface area (Å²) in [5, 5.41) is 0. The maximum atomic E-state index is 11.5. The number of carbonyl (C=O) groups is 2. The third-order valence-corrected chi connectivity index (χ3v) is 2.85. The van der Waals surface area contributed by atoms with Crippen LogP contribution in [0.2, 0.25) is 0 Å². The average molecular weight is 308 g/mol. The van der Waals surface area contributed by atoms with E-state index < -0.39 is 12.2 Å². The fourth-order valence-corrected chi connectivity index (χ4v) is 1.82. The third kappa shape index (κ3) is 6.47. The molecule has 0 heterocycles. The van der Waals surface area contributed by atoms with Gasteiger partial charge in [-0.25, -0.2) is 9.59 Å². The summed E-state index contributed by atoms with van der Waals surface area (Å²) in [5.74, 6) is 0. The molecule has 2 amide bonds. The fraction of sp³-hybridized carbons (Fsp3) is 0.500. The van der Waals surface area contributed by atoms with E-state index in [4.69, 9.17) is 0 Å². The molecule has 0 aromatic heterocycles. The van der Waals surface area contributed by atoms with Gasteiger partial charge < -0.3 is 14.5 Å². The van der Waals surface area contributed by atoms with Crippen LogP contribution in [0.5, 0.6) is 0 Å². The first-order valence-electron chi connectivity index (χ1n) is 7.61. The molecule has 0 bridgehead atoms. The van der Waals surface area contributed by atoms with Crippen LogP contribution in [0.25, 0.3) is 11.1 Å². The molecule has 0 spiro atoms. The van der Waals surface area contributed by atoms with Gasteiger partial charge in [-0.15, -0.1) is 5.48 Å². The number of hydroxylamine groups is 1. The van der Waals surface area contributed by atoms with Gasteiger partial charge in [0.05, 0.1) is 6.61 Å². The van der Waals surface area contributed by atoms with Crippen molar-refractivity contribution in [2.24, 2.45) is 0 Å². The molecule has 0 aromatic carbocycles. The van der Waals surface area contributed by atoms with Gasteiger partial charge >= 0.3 is 12.2 Å². The van der Waals surface area contributed by atoms with Crippen molar-refractivity contribution in [3.63, 3.8) is 0 Å². The predicted molar refractivity (Wildman–Crippen MR) is 84.2 cm³/mol. The largest absolute Gasteiger partial charge is 0.448 e. The molecule has 0 saturated heterocycles. The van der Waals surface area contributed by atoms with Crippen molar-refractivity contribution < 1.29 is 19.2 Å². The Hall–Kier alpha value is -2.24. The Morgan fingerprint density at radius 2 is 1.68 bits per heavy atom. The molecule has 1 N–H and O–H groups in total. The van der Waals surface area contributed by atoms with Crippen molar-refractivity contribution in [1.29, 1.82) is 0 Å². The Morgan fingerprint density at radius 3 is 2.05 bits per heavy atom. The minimum atomic E-state index is -0.760. The highest BCUT2D eigenvalue weighted by Gasteiger charge is 2.14. The van der Waals surface area contributed by atoms with E-state index in [0.717, 1.165) is 12.8 Å². The zero-order valence-corrected chi connectivity index (χ0v) is 13.4. The second-order valence-electron chi connectivity index (χ2n) is 4.76. The Kier molecular flexibility index (Phi) is 7.81.